The third kappa shape index (κ3) is 3.04. The molecule has 0 saturated carbocycles. The van der Waals surface area contributed by atoms with Gasteiger partial charge in [-0.15, -0.1) is 11.3 Å². The number of carbonyl (C=O) groups is 1. The lowest BCUT2D eigenvalue weighted by Gasteiger charge is -2.32. The van der Waals surface area contributed by atoms with Crippen LogP contribution >= 0.6 is 23.1 Å². The third-order valence-corrected chi connectivity index (χ3v) is 5.42. The number of thiazole rings is 1. The van der Waals surface area contributed by atoms with Gasteiger partial charge in [-0.25, -0.2) is 4.98 Å². The van der Waals surface area contributed by atoms with Crippen LogP contribution in [0.3, 0.4) is 0 Å². The molecule has 0 radical (unpaired) electrons. The molecule has 4 rings (SSSR count). The van der Waals surface area contributed by atoms with Gasteiger partial charge in [0.25, 0.3) is 5.91 Å². The van der Waals surface area contributed by atoms with Crippen LogP contribution in [0.5, 0.6) is 0 Å². The summed E-state index contributed by atoms with van der Waals surface area (Å²) in [5.74, 6) is -0.0346. The summed E-state index contributed by atoms with van der Waals surface area (Å²) in [6.45, 7) is 1.85. The Morgan fingerprint density at radius 3 is 2.83 bits per heavy atom. The van der Waals surface area contributed by atoms with E-state index in [0.717, 1.165) is 42.1 Å². The number of rotatable bonds is 3. The molecule has 0 unspecified atom stereocenters. The molecule has 0 spiro atoms. The van der Waals surface area contributed by atoms with E-state index >= 15 is 0 Å². The largest absolute Gasteiger partial charge is 0.349 e. The summed E-state index contributed by atoms with van der Waals surface area (Å²) in [6, 6.07) is 5.67. The maximum absolute atomic E-state index is 12.4. The molecule has 3 aromatic rings. The first-order chi connectivity index (χ1) is 11.3. The van der Waals surface area contributed by atoms with Gasteiger partial charge in [0, 0.05) is 36.3 Å². The van der Waals surface area contributed by atoms with Gasteiger partial charge in [-0.05, 0) is 31.0 Å². The van der Waals surface area contributed by atoms with Crippen molar-refractivity contribution in [1.29, 1.82) is 0 Å². The van der Waals surface area contributed by atoms with Crippen molar-refractivity contribution in [2.75, 3.05) is 18.0 Å². The number of nitrogens with one attached hydrogen (secondary N) is 1. The number of carbonyl (C=O) groups excluding carboxylic acids is 1. The number of anilines is 1. The Morgan fingerprint density at radius 1 is 1.22 bits per heavy atom. The predicted octanol–water partition coefficient (Wildman–Crippen LogP) is 2.55. The van der Waals surface area contributed by atoms with E-state index < -0.39 is 0 Å². The molecular weight excluding hydrogens is 330 g/mol. The lowest BCUT2D eigenvalue weighted by atomic mass is 10.0. The van der Waals surface area contributed by atoms with Crippen molar-refractivity contribution in [3.63, 3.8) is 0 Å². The van der Waals surface area contributed by atoms with Crippen molar-refractivity contribution >= 4 is 45.1 Å². The van der Waals surface area contributed by atoms with Crippen molar-refractivity contribution in [2.45, 2.75) is 18.9 Å². The monoisotopic (exact) mass is 345 g/mol. The summed E-state index contributed by atoms with van der Waals surface area (Å²) in [5.41, 5.74) is 2.26. The number of hydrogen-bond acceptors (Lipinski definition) is 7. The quantitative estimate of drug-likeness (QED) is 0.790. The molecule has 0 aliphatic carbocycles. The zero-order valence-corrected chi connectivity index (χ0v) is 13.9. The fourth-order valence-electron chi connectivity index (χ4n) is 2.78. The van der Waals surface area contributed by atoms with Gasteiger partial charge in [0.2, 0.25) is 0 Å². The topological polar surface area (TPSA) is 71.0 Å². The van der Waals surface area contributed by atoms with E-state index in [1.807, 2.05) is 23.7 Å². The highest BCUT2D eigenvalue weighted by Gasteiger charge is 2.22. The molecule has 1 aromatic carbocycles. The van der Waals surface area contributed by atoms with E-state index in [1.165, 1.54) is 11.7 Å². The van der Waals surface area contributed by atoms with E-state index in [0.29, 0.717) is 5.56 Å². The van der Waals surface area contributed by atoms with Gasteiger partial charge in [-0.3, -0.25) is 4.79 Å². The minimum Gasteiger partial charge on any atom is -0.349 e. The van der Waals surface area contributed by atoms with Gasteiger partial charge in [-0.2, -0.15) is 8.75 Å². The lowest BCUT2D eigenvalue weighted by molar-refractivity contribution is 0.0931. The van der Waals surface area contributed by atoms with Crippen LogP contribution in [0, 0.1) is 0 Å². The second-order valence-electron chi connectivity index (χ2n) is 5.52. The number of aromatic nitrogens is 3. The second kappa shape index (κ2) is 6.21. The van der Waals surface area contributed by atoms with Gasteiger partial charge < -0.3 is 10.2 Å². The molecule has 0 bridgehead atoms. The Balaban J connectivity index is 1.37. The van der Waals surface area contributed by atoms with Crippen LogP contribution in [-0.2, 0) is 0 Å². The van der Waals surface area contributed by atoms with Crippen LogP contribution in [0.4, 0.5) is 5.13 Å². The fourth-order valence-corrected chi connectivity index (χ4v) is 3.99. The zero-order chi connectivity index (χ0) is 15.6. The summed E-state index contributed by atoms with van der Waals surface area (Å²) in [6.07, 6.45) is 3.70. The Hall–Kier alpha value is -2.06. The molecule has 6 nitrogen and oxygen atoms in total. The molecule has 23 heavy (non-hydrogen) atoms. The maximum atomic E-state index is 12.4. The molecule has 2 aromatic heterocycles. The van der Waals surface area contributed by atoms with E-state index in [4.69, 9.17) is 0 Å². The maximum Gasteiger partial charge on any atom is 0.251 e. The standard InChI is InChI=1S/C15H15N5OS2/c21-14(10-1-2-12-13(9-10)19-23-18-12)17-11-3-6-20(7-4-11)15-16-5-8-22-15/h1-2,5,8-9,11H,3-4,6-7H2,(H,17,21). The molecule has 1 fully saturated rings. The SMILES string of the molecule is O=C(NC1CCN(c2nccs2)CC1)c1ccc2nsnc2c1. The number of hydrogen-bond donors (Lipinski definition) is 1. The van der Waals surface area contributed by atoms with E-state index in [-0.39, 0.29) is 11.9 Å². The van der Waals surface area contributed by atoms with E-state index in [2.05, 4.69) is 23.9 Å². The summed E-state index contributed by atoms with van der Waals surface area (Å²) in [7, 11) is 0. The summed E-state index contributed by atoms with van der Waals surface area (Å²) in [5, 5.41) is 6.19. The van der Waals surface area contributed by atoms with Gasteiger partial charge in [0.05, 0.1) is 11.7 Å². The van der Waals surface area contributed by atoms with Crippen LogP contribution in [0.15, 0.2) is 29.8 Å². The smallest absolute Gasteiger partial charge is 0.251 e. The van der Waals surface area contributed by atoms with Crippen LogP contribution in [0.1, 0.15) is 23.2 Å². The molecule has 0 atom stereocenters. The molecule has 118 valence electrons. The first kappa shape index (κ1) is 14.5. The highest BCUT2D eigenvalue weighted by molar-refractivity contribution is 7.13. The number of nitrogens with zero attached hydrogens (tertiary/aromatic N) is 4. The highest BCUT2D eigenvalue weighted by atomic mass is 32.1. The van der Waals surface area contributed by atoms with Gasteiger partial charge in [0.1, 0.15) is 11.0 Å². The van der Waals surface area contributed by atoms with Gasteiger partial charge in [0.15, 0.2) is 5.13 Å². The van der Waals surface area contributed by atoms with Crippen molar-refractivity contribution in [3.05, 3.63) is 35.3 Å². The number of amides is 1. The normalized spacial score (nSPS) is 15.9. The average molecular weight is 345 g/mol. The summed E-state index contributed by atoms with van der Waals surface area (Å²) >= 11 is 2.82. The Morgan fingerprint density at radius 2 is 2.04 bits per heavy atom. The minimum atomic E-state index is -0.0346. The van der Waals surface area contributed by atoms with E-state index in [1.54, 1.807) is 17.4 Å². The zero-order valence-electron chi connectivity index (χ0n) is 12.3. The van der Waals surface area contributed by atoms with Crippen LogP contribution < -0.4 is 10.2 Å². The Kier molecular flexibility index (Phi) is 3.92. The van der Waals surface area contributed by atoms with Crippen LogP contribution in [0.25, 0.3) is 11.0 Å². The molecule has 1 aliphatic rings. The molecule has 8 heteroatoms. The average Bonchev–Trinajstić information content (AvgIpc) is 3.26. The second-order valence-corrected chi connectivity index (χ2v) is 6.92. The van der Waals surface area contributed by atoms with Gasteiger partial charge >= 0.3 is 0 Å². The number of piperidine rings is 1. The highest BCUT2D eigenvalue weighted by Crippen LogP contribution is 2.22. The fraction of sp³-hybridized carbons (Fsp3) is 0.333. The molecule has 1 amide bonds. The summed E-state index contributed by atoms with van der Waals surface area (Å²) in [4.78, 5) is 19.0. The summed E-state index contributed by atoms with van der Waals surface area (Å²) < 4.78 is 8.34. The van der Waals surface area contributed by atoms with Gasteiger partial charge in [-0.1, -0.05) is 0 Å². The molecule has 3 heterocycles. The van der Waals surface area contributed by atoms with Crippen LogP contribution in [0.2, 0.25) is 0 Å². The van der Waals surface area contributed by atoms with E-state index in [9.17, 15) is 4.79 Å². The lowest BCUT2D eigenvalue weighted by Crippen LogP contribution is -2.44. The first-order valence-corrected chi connectivity index (χ1v) is 9.08. The molecule has 1 saturated heterocycles. The molecule has 1 aliphatic heterocycles. The van der Waals surface area contributed by atoms with Crippen molar-refractivity contribution in [1.82, 2.24) is 19.0 Å². The molecular formula is C15H15N5OS2. The molecule has 1 N–H and O–H groups in total. The Bertz CT molecular complexity index is 808. The van der Waals surface area contributed by atoms with Crippen molar-refractivity contribution in [3.8, 4) is 0 Å². The predicted molar refractivity (Wildman–Crippen MR) is 92.2 cm³/mol. The first-order valence-electron chi connectivity index (χ1n) is 7.47. The van der Waals surface area contributed by atoms with Crippen molar-refractivity contribution < 1.29 is 4.79 Å². The minimum absolute atomic E-state index is 0.0346. The third-order valence-electron chi connectivity index (χ3n) is 4.04. The Labute approximate surface area is 141 Å². The number of benzene rings is 1. The van der Waals surface area contributed by atoms with Crippen LogP contribution in [-0.4, -0.2) is 38.8 Å². The van der Waals surface area contributed by atoms with Crippen molar-refractivity contribution in [2.24, 2.45) is 0 Å². The number of fused-ring (bicyclic) bond motifs is 1.